The van der Waals surface area contributed by atoms with E-state index in [0.29, 0.717) is 22.8 Å². The standard InChI is InChI=1S/C23H22Cl2N2O4S/c1-13(21(28)17-12-26-19-6-4-3-5-15(17)19)31-23(30)20(9-10-32-2)27-22(29)16-8-7-14(24)11-18(16)25/h3-8,11-13,20,26H,9-10H2,1-2H3,(H,27,29). The van der Waals surface area contributed by atoms with Crippen molar-refractivity contribution in [2.75, 3.05) is 12.0 Å². The molecular formula is C23H22Cl2N2O4S. The maximum Gasteiger partial charge on any atom is 0.329 e. The second kappa shape index (κ2) is 10.9. The molecule has 1 amide bonds. The number of hydrogen-bond donors (Lipinski definition) is 2. The molecule has 9 heteroatoms. The van der Waals surface area contributed by atoms with Crippen LogP contribution in [0.4, 0.5) is 0 Å². The monoisotopic (exact) mass is 492 g/mol. The number of carbonyl (C=O) groups is 3. The van der Waals surface area contributed by atoms with Gasteiger partial charge < -0.3 is 15.0 Å². The average Bonchev–Trinajstić information content (AvgIpc) is 3.19. The van der Waals surface area contributed by atoms with Gasteiger partial charge in [0.2, 0.25) is 5.78 Å². The number of fused-ring (bicyclic) bond motifs is 1. The number of halogens is 2. The molecule has 168 valence electrons. The molecule has 1 heterocycles. The van der Waals surface area contributed by atoms with Crippen LogP contribution >= 0.6 is 35.0 Å². The van der Waals surface area contributed by atoms with Gasteiger partial charge in [-0.2, -0.15) is 11.8 Å². The molecule has 0 fully saturated rings. The molecule has 2 aromatic carbocycles. The zero-order valence-corrected chi connectivity index (χ0v) is 19.8. The predicted molar refractivity (Wildman–Crippen MR) is 129 cm³/mol. The number of para-hydroxylation sites is 1. The average molecular weight is 493 g/mol. The second-order valence-corrected chi connectivity index (χ2v) is 8.95. The van der Waals surface area contributed by atoms with Crippen LogP contribution in [-0.4, -0.2) is 46.8 Å². The zero-order chi connectivity index (χ0) is 23.3. The highest BCUT2D eigenvalue weighted by molar-refractivity contribution is 7.98. The molecule has 0 aliphatic rings. The molecule has 1 aromatic heterocycles. The molecule has 2 unspecified atom stereocenters. The third-order valence-corrected chi connectivity index (χ3v) is 6.08. The number of aromatic amines is 1. The van der Waals surface area contributed by atoms with Crippen molar-refractivity contribution >= 4 is 63.5 Å². The van der Waals surface area contributed by atoms with E-state index in [0.717, 1.165) is 10.9 Å². The van der Waals surface area contributed by atoms with Crippen molar-refractivity contribution < 1.29 is 19.1 Å². The van der Waals surface area contributed by atoms with Crippen molar-refractivity contribution in [2.24, 2.45) is 0 Å². The van der Waals surface area contributed by atoms with Gasteiger partial charge in [0.05, 0.1) is 10.6 Å². The van der Waals surface area contributed by atoms with Crippen LogP contribution < -0.4 is 5.32 Å². The van der Waals surface area contributed by atoms with Crippen molar-refractivity contribution in [3.8, 4) is 0 Å². The first-order valence-corrected chi connectivity index (χ1v) is 12.0. The van der Waals surface area contributed by atoms with Gasteiger partial charge in [-0.15, -0.1) is 0 Å². The molecule has 0 spiro atoms. The SMILES string of the molecule is CSCCC(NC(=O)c1ccc(Cl)cc1Cl)C(=O)OC(C)C(=O)c1c[nH]c2ccccc12. The summed E-state index contributed by atoms with van der Waals surface area (Å²) in [7, 11) is 0. The second-order valence-electron chi connectivity index (χ2n) is 7.12. The minimum Gasteiger partial charge on any atom is -0.453 e. The first-order valence-electron chi connectivity index (χ1n) is 9.87. The topological polar surface area (TPSA) is 88.3 Å². The van der Waals surface area contributed by atoms with Crippen LogP contribution in [0.1, 0.15) is 34.1 Å². The fraction of sp³-hybridized carbons (Fsp3) is 0.261. The van der Waals surface area contributed by atoms with E-state index < -0.39 is 24.0 Å². The quantitative estimate of drug-likeness (QED) is 0.318. The largest absolute Gasteiger partial charge is 0.453 e. The summed E-state index contributed by atoms with van der Waals surface area (Å²) in [6.07, 6.45) is 2.82. The Kier molecular flexibility index (Phi) is 8.23. The van der Waals surface area contributed by atoms with Gasteiger partial charge in [-0.05, 0) is 49.6 Å². The molecule has 0 bridgehead atoms. The molecule has 0 saturated heterocycles. The summed E-state index contributed by atoms with van der Waals surface area (Å²) in [4.78, 5) is 41.5. The third kappa shape index (κ3) is 5.65. The number of ketones is 1. The summed E-state index contributed by atoms with van der Waals surface area (Å²) < 4.78 is 5.45. The predicted octanol–water partition coefficient (Wildman–Crippen LogP) is 5.14. The highest BCUT2D eigenvalue weighted by atomic mass is 35.5. The molecule has 3 rings (SSSR count). The van der Waals surface area contributed by atoms with Gasteiger partial charge in [0.25, 0.3) is 5.91 Å². The number of hydrogen-bond acceptors (Lipinski definition) is 5. The van der Waals surface area contributed by atoms with Crippen LogP contribution in [0.3, 0.4) is 0 Å². The number of amides is 1. The van der Waals surface area contributed by atoms with Crippen LogP contribution in [0.15, 0.2) is 48.7 Å². The molecule has 32 heavy (non-hydrogen) atoms. The van der Waals surface area contributed by atoms with E-state index in [9.17, 15) is 14.4 Å². The first kappa shape index (κ1) is 24.2. The van der Waals surface area contributed by atoms with E-state index in [2.05, 4.69) is 10.3 Å². The number of Topliss-reactive ketones (excluding diaryl/α,β-unsaturated/α-hetero) is 1. The molecule has 3 aromatic rings. The van der Waals surface area contributed by atoms with Gasteiger partial charge in [0.15, 0.2) is 6.10 Å². The first-order chi connectivity index (χ1) is 15.3. The molecule has 0 saturated carbocycles. The number of H-pyrrole nitrogens is 1. The van der Waals surface area contributed by atoms with E-state index >= 15 is 0 Å². The number of ether oxygens (including phenoxy) is 1. The summed E-state index contributed by atoms with van der Waals surface area (Å²) in [5, 5.41) is 3.99. The van der Waals surface area contributed by atoms with E-state index in [1.165, 1.54) is 30.8 Å². The Morgan fingerprint density at radius 2 is 1.88 bits per heavy atom. The minimum absolute atomic E-state index is 0.176. The Bertz CT molecular complexity index is 1150. The molecule has 6 nitrogen and oxygen atoms in total. The molecule has 0 aliphatic carbocycles. The highest BCUT2D eigenvalue weighted by Gasteiger charge is 2.28. The summed E-state index contributed by atoms with van der Waals surface area (Å²) in [6, 6.07) is 10.9. The lowest BCUT2D eigenvalue weighted by molar-refractivity contribution is -0.148. The lowest BCUT2D eigenvalue weighted by atomic mass is 10.1. The van der Waals surface area contributed by atoms with Gasteiger partial charge in [-0.1, -0.05) is 41.4 Å². The number of esters is 1. The van der Waals surface area contributed by atoms with Gasteiger partial charge in [-0.3, -0.25) is 9.59 Å². The van der Waals surface area contributed by atoms with E-state index in [-0.39, 0.29) is 16.4 Å². The van der Waals surface area contributed by atoms with E-state index in [1.807, 2.05) is 30.5 Å². The number of thioether (sulfide) groups is 1. The smallest absolute Gasteiger partial charge is 0.329 e. The normalized spacial score (nSPS) is 12.9. The Morgan fingerprint density at radius 3 is 2.59 bits per heavy atom. The van der Waals surface area contributed by atoms with E-state index in [4.69, 9.17) is 27.9 Å². The zero-order valence-electron chi connectivity index (χ0n) is 17.5. The molecule has 2 atom stereocenters. The fourth-order valence-electron chi connectivity index (χ4n) is 3.20. The van der Waals surface area contributed by atoms with Gasteiger partial charge in [-0.25, -0.2) is 4.79 Å². The lowest BCUT2D eigenvalue weighted by Crippen LogP contribution is -2.44. The van der Waals surface area contributed by atoms with Gasteiger partial charge >= 0.3 is 5.97 Å². The van der Waals surface area contributed by atoms with Crippen LogP contribution in [0, 0.1) is 0 Å². The summed E-state index contributed by atoms with van der Waals surface area (Å²) in [5.41, 5.74) is 1.46. The van der Waals surface area contributed by atoms with Crippen LogP contribution in [0.5, 0.6) is 0 Å². The lowest BCUT2D eigenvalue weighted by Gasteiger charge is -2.20. The summed E-state index contributed by atoms with van der Waals surface area (Å²) >= 11 is 13.5. The molecular weight excluding hydrogens is 471 g/mol. The maximum absolute atomic E-state index is 12.9. The minimum atomic E-state index is -1.02. The van der Waals surface area contributed by atoms with Crippen LogP contribution in [0.25, 0.3) is 10.9 Å². The fourth-order valence-corrected chi connectivity index (χ4v) is 4.16. The highest BCUT2D eigenvalue weighted by Crippen LogP contribution is 2.22. The van der Waals surface area contributed by atoms with Crippen molar-refractivity contribution in [1.82, 2.24) is 10.3 Å². The summed E-state index contributed by atoms with van der Waals surface area (Å²) in [5.74, 6) is -0.922. The van der Waals surface area contributed by atoms with Crippen molar-refractivity contribution in [2.45, 2.75) is 25.5 Å². The number of nitrogens with one attached hydrogen (secondary N) is 2. The van der Waals surface area contributed by atoms with Crippen LogP contribution in [0.2, 0.25) is 10.0 Å². The third-order valence-electron chi connectivity index (χ3n) is 4.89. The number of rotatable bonds is 9. The van der Waals surface area contributed by atoms with E-state index in [1.54, 1.807) is 12.3 Å². The number of benzene rings is 2. The van der Waals surface area contributed by atoms with Crippen molar-refractivity contribution in [3.63, 3.8) is 0 Å². The summed E-state index contributed by atoms with van der Waals surface area (Å²) in [6.45, 7) is 1.52. The number of aromatic nitrogens is 1. The number of carbonyl (C=O) groups excluding carboxylic acids is 3. The Labute approximate surface area is 200 Å². The molecule has 0 radical (unpaired) electrons. The Hall–Kier alpha value is -2.48. The molecule has 0 aliphatic heterocycles. The van der Waals surface area contributed by atoms with Crippen molar-refractivity contribution in [1.29, 1.82) is 0 Å². The van der Waals surface area contributed by atoms with Crippen molar-refractivity contribution in [3.05, 3.63) is 69.8 Å². The Balaban J connectivity index is 1.72. The van der Waals surface area contributed by atoms with Gasteiger partial charge in [0, 0.05) is 27.7 Å². The molecule has 2 N–H and O–H groups in total. The maximum atomic E-state index is 12.9. The van der Waals surface area contributed by atoms with Crippen LogP contribution in [-0.2, 0) is 9.53 Å². The Morgan fingerprint density at radius 1 is 1.12 bits per heavy atom. The van der Waals surface area contributed by atoms with Gasteiger partial charge in [0.1, 0.15) is 6.04 Å².